The van der Waals surface area contributed by atoms with Crippen LogP contribution in [0, 0.1) is 0 Å². The van der Waals surface area contributed by atoms with Crippen LogP contribution in [0.5, 0.6) is 5.75 Å². The van der Waals surface area contributed by atoms with Crippen LogP contribution in [0.15, 0.2) is 36.5 Å². The lowest BCUT2D eigenvalue weighted by atomic mass is 9.76. The monoisotopic (exact) mass is 518 g/mol. The van der Waals surface area contributed by atoms with Crippen molar-refractivity contribution < 1.29 is 24.2 Å². The van der Waals surface area contributed by atoms with Gasteiger partial charge in [0, 0.05) is 43.2 Å². The zero-order valence-corrected chi connectivity index (χ0v) is 22.4. The molecule has 0 bridgehead atoms. The number of carbonyl (C=O) groups is 2. The fourth-order valence-electron chi connectivity index (χ4n) is 5.61. The lowest BCUT2D eigenvalue weighted by Gasteiger charge is -2.44. The minimum absolute atomic E-state index is 0.142. The molecule has 0 spiro atoms. The summed E-state index contributed by atoms with van der Waals surface area (Å²) < 4.78 is 12.9. The fraction of sp³-hybridized carbons (Fsp3) is 0.414. The minimum Gasteiger partial charge on any atom is -0.497 e. The molecule has 0 amide bonds. The van der Waals surface area contributed by atoms with E-state index in [0.29, 0.717) is 37.2 Å². The van der Waals surface area contributed by atoms with E-state index >= 15 is 0 Å². The number of nitrogens with two attached hydrogens (primary N) is 1. The van der Waals surface area contributed by atoms with Crippen LogP contribution < -0.4 is 15.8 Å². The topological polar surface area (TPSA) is 129 Å². The van der Waals surface area contributed by atoms with Gasteiger partial charge in [0.15, 0.2) is 0 Å². The molecule has 1 aliphatic carbocycles. The van der Waals surface area contributed by atoms with Crippen molar-refractivity contribution in [1.29, 1.82) is 0 Å². The first-order chi connectivity index (χ1) is 17.9. The van der Waals surface area contributed by atoms with Crippen molar-refractivity contribution in [3.05, 3.63) is 58.9 Å². The number of hydrogen-bond acceptors (Lipinski definition) is 7. The van der Waals surface area contributed by atoms with Crippen LogP contribution in [-0.2, 0) is 29.4 Å². The van der Waals surface area contributed by atoms with Crippen molar-refractivity contribution in [2.75, 3.05) is 20.2 Å². The summed E-state index contributed by atoms with van der Waals surface area (Å²) in [7, 11) is 3.44. The lowest BCUT2D eigenvalue weighted by molar-refractivity contribution is -0.159. The highest BCUT2D eigenvalue weighted by Gasteiger charge is 2.51. The number of aromatic carboxylic acids is 1. The average Bonchev–Trinajstić information content (AvgIpc) is 3.14. The van der Waals surface area contributed by atoms with Gasteiger partial charge in [-0.05, 0) is 75.1 Å². The number of nitrogens with one attached hydrogen (secondary N) is 1. The molecule has 1 aliphatic heterocycles. The van der Waals surface area contributed by atoms with Crippen LogP contribution in [0.1, 0.15) is 53.9 Å². The molecule has 3 heterocycles. The van der Waals surface area contributed by atoms with Gasteiger partial charge >= 0.3 is 11.9 Å². The van der Waals surface area contributed by atoms with E-state index in [0.717, 1.165) is 33.8 Å². The zero-order chi connectivity index (χ0) is 27.4. The number of aryl methyl sites for hydroxylation is 1. The van der Waals surface area contributed by atoms with E-state index in [1.54, 1.807) is 27.9 Å². The number of carboxylic acid groups (broad SMARTS) is 1. The van der Waals surface area contributed by atoms with Gasteiger partial charge < -0.3 is 30.2 Å². The van der Waals surface area contributed by atoms with E-state index in [-0.39, 0.29) is 5.56 Å². The van der Waals surface area contributed by atoms with E-state index < -0.39 is 29.0 Å². The van der Waals surface area contributed by atoms with Gasteiger partial charge in [0.25, 0.3) is 0 Å². The molecule has 2 aliphatic rings. The lowest BCUT2D eigenvalue weighted by Crippen LogP contribution is -2.70. The first-order valence-electron chi connectivity index (χ1n) is 12.7. The van der Waals surface area contributed by atoms with Gasteiger partial charge in [-0.1, -0.05) is 0 Å². The van der Waals surface area contributed by atoms with Gasteiger partial charge in [0.1, 0.15) is 17.3 Å². The van der Waals surface area contributed by atoms with E-state index in [4.69, 9.17) is 15.2 Å². The smallest absolute Gasteiger partial charge is 0.337 e. The molecule has 4 N–H and O–H groups in total. The second-order valence-corrected chi connectivity index (χ2v) is 11.2. The number of fused-ring (bicyclic) bond motifs is 3. The molecule has 2 aromatic heterocycles. The van der Waals surface area contributed by atoms with Gasteiger partial charge in [-0.3, -0.25) is 9.78 Å². The predicted molar refractivity (Wildman–Crippen MR) is 143 cm³/mol. The number of carbonyl (C=O) groups excluding carboxylic acids is 1. The highest BCUT2D eigenvalue weighted by atomic mass is 16.6. The summed E-state index contributed by atoms with van der Waals surface area (Å²) in [5.41, 5.74) is 10.6. The maximum atomic E-state index is 13.6. The molecule has 38 heavy (non-hydrogen) atoms. The highest BCUT2D eigenvalue weighted by molar-refractivity contribution is 5.98. The van der Waals surface area contributed by atoms with Gasteiger partial charge in [0.2, 0.25) is 0 Å². The van der Waals surface area contributed by atoms with Crippen molar-refractivity contribution in [2.45, 2.75) is 50.7 Å². The molecule has 0 radical (unpaired) electrons. The minimum atomic E-state index is -1.07. The van der Waals surface area contributed by atoms with Crippen LogP contribution in [0.2, 0.25) is 0 Å². The third-order valence-corrected chi connectivity index (χ3v) is 7.43. The molecule has 1 unspecified atom stereocenters. The summed E-state index contributed by atoms with van der Waals surface area (Å²) in [6.07, 6.45) is 3.03. The number of hydrogen-bond donors (Lipinski definition) is 3. The molecule has 1 aromatic carbocycles. The Bertz CT molecular complexity index is 1410. The van der Waals surface area contributed by atoms with E-state index in [9.17, 15) is 14.7 Å². The van der Waals surface area contributed by atoms with Crippen molar-refractivity contribution in [1.82, 2.24) is 14.9 Å². The Morgan fingerprint density at radius 1 is 1.18 bits per heavy atom. The standard InChI is InChI=1S/C29H34N4O5/c1-28(2,3)38-27(36)23(29(30)14-31-15-29)25-22(26(34)35)19-11-8-17-13-32-21(12-20(17)24(19)33(25)4)16-6-9-18(37-5)10-7-16/h6-7,9-10,12-13,23,31H,8,11,14-15,30H2,1-5H3,(H,34,35). The molecule has 3 aromatic rings. The van der Waals surface area contributed by atoms with Crippen molar-refractivity contribution in [3.8, 4) is 28.3 Å². The summed E-state index contributed by atoms with van der Waals surface area (Å²) in [5, 5.41) is 13.6. The molecule has 9 heteroatoms. The number of benzene rings is 1. The van der Waals surface area contributed by atoms with Crippen LogP contribution in [0.25, 0.3) is 22.5 Å². The number of ether oxygens (including phenoxy) is 2. The van der Waals surface area contributed by atoms with Gasteiger partial charge in [-0.15, -0.1) is 0 Å². The average molecular weight is 519 g/mol. The summed E-state index contributed by atoms with van der Waals surface area (Å²) in [6.45, 7) is 6.15. The molecule has 1 atom stereocenters. The third-order valence-electron chi connectivity index (χ3n) is 7.43. The fourth-order valence-corrected chi connectivity index (χ4v) is 5.61. The van der Waals surface area contributed by atoms with Crippen molar-refractivity contribution in [3.63, 3.8) is 0 Å². The summed E-state index contributed by atoms with van der Waals surface area (Å²) >= 11 is 0. The molecule has 1 fully saturated rings. The first kappa shape index (κ1) is 25.9. The third kappa shape index (κ3) is 4.35. The number of rotatable bonds is 6. The Morgan fingerprint density at radius 2 is 1.87 bits per heavy atom. The second-order valence-electron chi connectivity index (χ2n) is 11.2. The largest absolute Gasteiger partial charge is 0.497 e. The van der Waals surface area contributed by atoms with E-state index in [2.05, 4.69) is 10.3 Å². The second kappa shape index (κ2) is 9.25. The number of esters is 1. The van der Waals surface area contributed by atoms with Crippen molar-refractivity contribution >= 4 is 11.9 Å². The number of nitrogens with zero attached hydrogens (tertiary/aromatic N) is 2. The molecule has 1 saturated heterocycles. The van der Waals surface area contributed by atoms with Crippen LogP contribution in [-0.4, -0.2) is 57.9 Å². The summed E-state index contributed by atoms with van der Waals surface area (Å²) in [6, 6.07) is 9.64. The van der Waals surface area contributed by atoms with Crippen molar-refractivity contribution in [2.24, 2.45) is 12.8 Å². The molecule has 0 saturated carbocycles. The predicted octanol–water partition coefficient (Wildman–Crippen LogP) is 3.29. The quantitative estimate of drug-likeness (QED) is 0.424. The normalized spacial score (nSPS) is 16.6. The van der Waals surface area contributed by atoms with Gasteiger partial charge in [-0.2, -0.15) is 0 Å². The summed E-state index contributed by atoms with van der Waals surface area (Å²) in [5.74, 6) is -1.79. The SMILES string of the molecule is COc1ccc(-c2cc3c(cn2)CCc2c(C(=O)O)c(C(C(=O)OC(C)(C)C)C4(N)CNC4)n(C)c2-3)cc1. The number of carboxylic acids is 1. The Morgan fingerprint density at radius 3 is 2.42 bits per heavy atom. The Kier molecular flexibility index (Phi) is 6.31. The van der Waals surface area contributed by atoms with Gasteiger partial charge in [0.05, 0.1) is 29.6 Å². The van der Waals surface area contributed by atoms with E-state index in [1.165, 1.54) is 0 Å². The molecule has 9 nitrogen and oxygen atoms in total. The maximum absolute atomic E-state index is 13.6. The van der Waals surface area contributed by atoms with Gasteiger partial charge in [-0.25, -0.2) is 4.79 Å². The molecular weight excluding hydrogens is 484 g/mol. The molecule has 5 rings (SSSR count). The zero-order valence-electron chi connectivity index (χ0n) is 22.4. The number of pyridine rings is 1. The molecular formula is C29H34N4O5. The highest BCUT2D eigenvalue weighted by Crippen LogP contribution is 2.44. The van der Waals surface area contributed by atoms with Crippen LogP contribution in [0.4, 0.5) is 0 Å². The van der Waals surface area contributed by atoms with Crippen LogP contribution in [0.3, 0.4) is 0 Å². The van der Waals surface area contributed by atoms with Crippen LogP contribution >= 0.6 is 0 Å². The Balaban J connectivity index is 1.69. The van der Waals surface area contributed by atoms with E-state index in [1.807, 2.05) is 48.1 Å². The maximum Gasteiger partial charge on any atom is 0.337 e. The number of methoxy groups -OCH3 is 1. The Hall–Kier alpha value is -3.69. The summed E-state index contributed by atoms with van der Waals surface area (Å²) in [4.78, 5) is 31.1. The number of aromatic nitrogens is 2. The Labute approximate surface area is 222 Å². The first-order valence-corrected chi connectivity index (χ1v) is 12.7. The molecule has 200 valence electrons.